The zero-order valence-electron chi connectivity index (χ0n) is 14.6. The third-order valence-corrected chi connectivity index (χ3v) is 4.10. The van der Waals surface area contributed by atoms with Gasteiger partial charge in [-0.25, -0.2) is 4.79 Å². The summed E-state index contributed by atoms with van der Waals surface area (Å²) in [6.07, 6.45) is 0. The van der Waals surface area contributed by atoms with E-state index in [0.717, 1.165) is 6.54 Å². The molecule has 134 valence electrons. The summed E-state index contributed by atoms with van der Waals surface area (Å²) < 4.78 is 0. The van der Waals surface area contributed by atoms with Gasteiger partial charge in [0.2, 0.25) is 0 Å². The van der Waals surface area contributed by atoms with E-state index < -0.39 is 0 Å². The fourth-order valence-corrected chi connectivity index (χ4v) is 2.63. The van der Waals surface area contributed by atoms with Crippen molar-refractivity contribution in [1.82, 2.24) is 15.5 Å². The molecule has 2 rings (SSSR count). The van der Waals surface area contributed by atoms with Crippen molar-refractivity contribution in [3.8, 4) is 0 Å². The Morgan fingerprint density at radius 1 is 1.21 bits per heavy atom. The van der Waals surface area contributed by atoms with Crippen LogP contribution in [0.2, 0.25) is 0 Å². The van der Waals surface area contributed by atoms with Crippen molar-refractivity contribution < 1.29 is 9.59 Å². The minimum Gasteiger partial charge on any atom is -0.336 e. The molecule has 0 saturated carbocycles. The highest BCUT2D eigenvalue weighted by atomic mass is 35.5. The number of rotatable bonds is 3. The molecule has 1 aliphatic rings. The second kappa shape index (κ2) is 8.89. The molecular formula is C17H27ClN4O2. The van der Waals surface area contributed by atoms with Crippen LogP contribution in [0, 0.1) is 0 Å². The zero-order valence-corrected chi connectivity index (χ0v) is 15.4. The first-order chi connectivity index (χ1) is 10.9. The van der Waals surface area contributed by atoms with Crippen LogP contribution >= 0.6 is 12.4 Å². The first-order valence-corrected chi connectivity index (χ1v) is 8.10. The molecule has 0 aliphatic carbocycles. The van der Waals surface area contributed by atoms with Crippen molar-refractivity contribution in [2.75, 3.05) is 18.4 Å². The molecule has 1 aliphatic heterocycles. The SMILES string of the molecule is CC(C)NC(=O)Nc1ccc(C(=O)N2CCNC(C)C2C)cc1.Cl. The monoisotopic (exact) mass is 354 g/mol. The minimum absolute atomic E-state index is 0. The van der Waals surface area contributed by atoms with E-state index in [0.29, 0.717) is 17.8 Å². The summed E-state index contributed by atoms with van der Waals surface area (Å²) in [6.45, 7) is 9.47. The molecule has 0 bridgehead atoms. The predicted octanol–water partition coefficient (Wildman–Crippen LogP) is 2.46. The van der Waals surface area contributed by atoms with Gasteiger partial charge in [-0.1, -0.05) is 0 Å². The normalized spacial score (nSPS) is 20.3. The molecule has 2 unspecified atom stereocenters. The number of amides is 3. The minimum atomic E-state index is -0.247. The second-order valence-electron chi connectivity index (χ2n) is 6.31. The van der Waals surface area contributed by atoms with Crippen LogP contribution in [0.25, 0.3) is 0 Å². The van der Waals surface area contributed by atoms with Crippen molar-refractivity contribution in [2.45, 2.75) is 45.8 Å². The maximum atomic E-state index is 12.6. The van der Waals surface area contributed by atoms with Crippen molar-refractivity contribution in [2.24, 2.45) is 0 Å². The third-order valence-electron chi connectivity index (χ3n) is 4.10. The van der Waals surface area contributed by atoms with E-state index in [2.05, 4.69) is 29.8 Å². The van der Waals surface area contributed by atoms with Crippen molar-refractivity contribution in [1.29, 1.82) is 0 Å². The van der Waals surface area contributed by atoms with Gasteiger partial charge in [0, 0.05) is 42.5 Å². The van der Waals surface area contributed by atoms with Gasteiger partial charge >= 0.3 is 6.03 Å². The van der Waals surface area contributed by atoms with Crippen LogP contribution in [0.4, 0.5) is 10.5 Å². The predicted molar refractivity (Wildman–Crippen MR) is 98.9 cm³/mol. The summed E-state index contributed by atoms with van der Waals surface area (Å²) in [4.78, 5) is 26.2. The van der Waals surface area contributed by atoms with E-state index in [-0.39, 0.29) is 42.5 Å². The Labute approximate surface area is 149 Å². The van der Waals surface area contributed by atoms with Crippen molar-refractivity contribution in [3.63, 3.8) is 0 Å². The van der Waals surface area contributed by atoms with Gasteiger partial charge in [0.15, 0.2) is 0 Å². The quantitative estimate of drug-likeness (QED) is 0.780. The highest BCUT2D eigenvalue weighted by molar-refractivity contribution is 5.96. The standard InChI is InChI=1S/C17H26N4O2.ClH/c1-11(2)19-17(23)20-15-7-5-14(6-8-15)16(22)21-10-9-18-12(3)13(21)4;/h5-8,11-13,18H,9-10H2,1-4H3,(H2,19,20,23);1H. The number of nitrogens with zero attached hydrogens (tertiary/aromatic N) is 1. The number of hydrogen-bond donors (Lipinski definition) is 3. The van der Waals surface area contributed by atoms with E-state index in [1.54, 1.807) is 24.3 Å². The Bertz CT molecular complexity index is 562. The molecule has 7 heteroatoms. The van der Waals surface area contributed by atoms with E-state index in [9.17, 15) is 9.59 Å². The molecule has 1 heterocycles. The molecule has 0 spiro atoms. The van der Waals surface area contributed by atoms with E-state index in [4.69, 9.17) is 0 Å². The summed E-state index contributed by atoms with van der Waals surface area (Å²) in [6, 6.07) is 7.29. The molecule has 24 heavy (non-hydrogen) atoms. The highest BCUT2D eigenvalue weighted by Gasteiger charge is 2.28. The number of carbonyl (C=O) groups excluding carboxylic acids is 2. The average molecular weight is 355 g/mol. The average Bonchev–Trinajstić information content (AvgIpc) is 2.49. The number of benzene rings is 1. The van der Waals surface area contributed by atoms with Gasteiger partial charge in [0.1, 0.15) is 0 Å². The molecule has 3 amide bonds. The molecule has 0 radical (unpaired) electrons. The Hall–Kier alpha value is -1.79. The smallest absolute Gasteiger partial charge is 0.319 e. The summed E-state index contributed by atoms with van der Waals surface area (Å²) in [5.41, 5.74) is 1.31. The van der Waals surface area contributed by atoms with Gasteiger partial charge < -0.3 is 20.9 Å². The number of carbonyl (C=O) groups is 2. The van der Waals surface area contributed by atoms with E-state index in [1.165, 1.54) is 0 Å². The fraction of sp³-hybridized carbons (Fsp3) is 0.529. The van der Waals surface area contributed by atoms with Gasteiger partial charge in [-0.15, -0.1) is 12.4 Å². The van der Waals surface area contributed by atoms with Gasteiger partial charge in [-0.2, -0.15) is 0 Å². The first kappa shape index (κ1) is 20.3. The van der Waals surface area contributed by atoms with Crippen LogP contribution in [-0.4, -0.2) is 48.1 Å². The number of halogens is 1. The zero-order chi connectivity index (χ0) is 17.0. The second-order valence-corrected chi connectivity index (χ2v) is 6.31. The topological polar surface area (TPSA) is 73.5 Å². The lowest BCUT2D eigenvalue weighted by Gasteiger charge is -2.38. The lowest BCUT2D eigenvalue weighted by molar-refractivity contribution is 0.0603. The van der Waals surface area contributed by atoms with Crippen LogP contribution in [0.15, 0.2) is 24.3 Å². The summed E-state index contributed by atoms with van der Waals surface area (Å²) in [7, 11) is 0. The molecule has 1 fully saturated rings. The molecular weight excluding hydrogens is 328 g/mol. The number of urea groups is 1. The van der Waals surface area contributed by atoms with Gasteiger partial charge in [-0.3, -0.25) is 4.79 Å². The highest BCUT2D eigenvalue weighted by Crippen LogP contribution is 2.16. The third kappa shape index (κ3) is 5.11. The summed E-state index contributed by atoms with van der Waals surface area (Å²) in [5, 5.41) is 8.87. The Morgan fingerprint density at radius 3 is 2.42 bits per heavy atom. The Morgan fingerprint density at radius 2 is 1.83 bits per heavy atom. The molecule has 3 N–H and O–H groups in total. The van der Waals surface area contributed by atoms with Crippen LogP contribution in [0.3, 0.4) is 0 Å². The molecule has 0 aromatic heterocycles. The lowest BCUT2D eigenvalue weighted by atomic mass is 10.1. The molecule has 1 saturated heterocycles. The van der Waals surface area contributed by atoms with Gasteiger partial charge in [-0.05, 0) is 52.0 Å². The molecule has 1 aromatic carbocycles. The number of hydrogen-bond acceptors (Lipinski definition) is 3. The Kier molecular flexibility index (Phi) is 7.51. The maximum Gasteiger partial charge on any atom is 0.319 e. The van der Waals surface area contributed by atoms with Crippen LogP contribution in [-0.2, 0) is 0 Å². The first-order valence-electron chi connectivity index (χ1n) is 8.10. The van der Waals surface area contributed by atoms with Crippen molar-refractivity contribution in [3.05, 3.63) is 29.8 Å². The van der Waals surface area contributed by atoms with Crippen LogP contribution < -0.4 is 16.0 Å². The van der Waals surface area contributed by atoms with Gasteiger partial charge in [0.05, 0.1) is 0 Å². The summed E-state index contributed by atoms with van der Waals surface area (Å²) in [5.74, 6) is 0.0315. The molecule has 2 atom stereocenters. The van der Waals surface area contributed by atoms with Crippen molar-refractivity contribution >= 4 is 30.0 Å². The van der Waals surface area contributed by atoms with Crippen LogP contribution in [0.5, 0.6) is 0 Å². The fourth-order valence-electron chi connectivity index (χ4n) is 2.63. The number of piperazine rings is 1. The largest absolute Gasteiger partial charge is 0.336 e. The molecule has 1 aromatic rings. The number of anilines is 1. The number of nitrogens with one attached hydrogen (secondary N) is 3. The Balaban J connectivity index is 0.00000288. The van der Waals surface area contributed by atoms with Crippen LogP contribution in [0.1, 0.15) is 38.1 Å². The lowest BCUT2D eigenvalue weighted by Crippen LogP contribution is -2.57. The molecule has 6 nitrogen and oxygen atoms in total. The maximum absolute atomic E-state index is 12.6. The van der Waals surface area contributed by atoms with Gasteiger partial charge in [0.25, 0.3) is 5.91 Å². The summed E-state index contributed by atoms with van der Waals surface area (Å²) >= 11 is 0. The van der Waals surface area contributed by atoms with E-state index >= 15 is 0 Å². The van der Waals surface area contributed by atoms with E-state index in [1.807, 2.05) is 18.7 Å².